The van der Waals surface area contributed by atoms with E-state index in [2.05, 4.69) is 6.58 Å². The van der Waals surface area contributed by atoms with E-state index in [0.29, 0.717) is 0 Å². The summed E-state index contributed by atoms with van der Waals surface area (Å²) in [5, 5.41) is 5.85. The van der Waals surface area contributed by atoms with Gasteiger partial charge in [-0.3, -0.25) is 9.96 Å². The van der Waals surface area contributed by atoms with E-state index in [1.165, 1.54) is 12.1 Å². The largest absolute Gasteiger partial charge is 0.294 e. The minimum Gasteiger partial charge on any atom is -0.282 e. The average Bonchev–Trinajstić information content (AvgIpc) is 2.04. The van der Waals surface area contributed by atoms with Crippen LogP contribution in [0.2, 0.25) is 0 Å². The lowest BCUT2D eigenvalue weighted by Crippen LogP contribution is -1.96. The molecule has 0 amide bonds. The average molecular weight is 213 g/mol. The Bertz CT molecular complexity index is 414. The number of benzene rings is 1. The summed E-state index contributed by atoms with van der Waals surface area (Å²) in [5.74, 6) is 1.75. The first-order valence-corrected chi connectivity index (χ1v) is 5.09. The van der Waals surface area contributed by atoms with Gasteiger partial charge in [0.05, 0.1) is 4.90 Å². The smallest absolute Gasteiger partial charge is 0.282 e. The lowest BCUT2D eigenvalue weighted by molar-refractivity contribution is 0.483. The Labute approximate surface area is 83.2 Å². The van der Waals surface area contributed by atoms with E-state index < -0.39 is 10.1 Å². The fourth-order valence-corrected chi connectivity index (χ4v) is 1.19. The highest BCUT2D eigenvalue weighted by molar-refractivity contribution is 7.85. The van der Waals surface area contributed by atoms with Gasteiger partial charge in [0, 0.05) is 0 Å². The van der Waals surface area contributed by atoms with Crippen molar-refractivity contribution in [2.75, 3.05) is 0 Å². The fraction of sp³-hybridized carbons (Fsp3) is 0.111. The zero-order valence-electron chi connectivity index (χ0n) is 7.69. The molecule has 0 spiro atoms. The molecule has 1 aromatic rings. The second-order valence-corrected chi connectivity index (χ2v) is 3.89. The van der Waals surface area contributed by atoms with Crippen molar-refractivity contribution < 1.29 is 13.0 Å². The molecule has 0 saturated carbocycles. The first kappa shape index (κ1) is 12.6. The van der Waals surface area contributed by atoms with Crippen molar-refractivity contribution in [3.05, 3.63) is 36.4 Å². The summed E-state index contributed by atoms with van der Waals surface area (Å²) in [5.41, 5.74) is 0.956. The van der Waals surface area contributed by atoms with E-state index in [4.69, 9.17) is 9.96 Å². The molecule has 0 unspecified atom stereocenters. The molecular formula is C9H11NO3S. The molecule has 0 saturated heterocycles. The highest BCUT2D eigenvalue weighted by Crippen LogP contribution is 2.08. The van der Waals surface area contributed by atoms with Crippen LogP contribution in [-0.4, -0.2) is 18.8 Å². The molecule has 1 aromatic carbocycles. The molecule has 0 bridgehead atoms. The van der Waals surface area contributed by atoms with E-state index in [9.17, 15) is 8.42 Å². The predicted octanol–water partition coefficient (Wildman–Crippen LogP) is 1.66. The first-order chi connectivity index (χ1) is 6.41. The SMILES string of the molecule is C=C=N.Cc1ccc(S(=O)(=O)O)cc1. The molecular weight excluding hydrogens is 202 g/mol. The molecule has 0 aliphatic heterocycles. The monoisotopic (exact) mass is 213 g/mol. The van der Waals surface area contributed by atoms with Crippen molar-refractivity contribution in [2.24, 2.45) is 0 Å². The van der Waals surface area contributed by atoms with Gasteiger partial charge in [-0.1, -0.05) is 17.7 Å². The zero-order valence-corrected chi connectivity index (χ0v) is 8.50. The zero-order chi connectivity index (χ0) is 11.2. The van der Waals surface area contributed by atoms with E-state index in [1.54, 1.807) is 18.0 Å². The second kappa shape index (κ2) is 5.34. The summed E-state index contributed by atoms with van der Waals surface area (Å²) in [7, 11) is -4.02. The fourth-order valence-electron chi connectivity index (χ4n) is 0.710. The Kier molecular flexibility index (Phi) is 4.80. The lowest BCUT2D eigenvalue weighted by atomic mass is 10.2. The molecule has 0 heterocycles. The van der Waals surface area contributed by atoms with Gasteiger partial charge in [-0.05, 0) is 31.5 Å². The molecule has 0 fully saturated rings. The van der Waals surface area contributed by atoms with Crippen molar-refractivity contribution in [1.82, 2.24) is 0 Å². The Morgan fingerprint density at radius 2 is 1.71 bits per heavy atom. The van der Waals surface area contributed by atoms with Crippen molar-refractivity contribution in [3.63, 3.8) is 0 Å². The van der Waals surface area contributed by atoms with Gasteiger partial charge < -0.3 is 0 Å². The molecule has 0 aromatic heterocycles. The molecule has 0 aliphatic carbocycles. The van der Waals surface area contributed by atoms with Gasteiger partial charge >= 0.3 is 0 Å². The maximum atomic E-state index is 10.5. The van der Waals surface area contributed by atoms with Crippen LogP contribution in [0.3, 0.4) is 0 Å². The van der Waals surface area contributed by atoms with Crippen LogP contribution in [0, 0.1) is 12.3 Å². The molecule has 1 rings (SSSR count). The first-order valence-electron chi connectivity index (χ1n) is 3.64. The Hall–Kier alpha value is -1.42. The molecule has 0 radical (unpaired) electrons. The Morgan fingerprint density at radius 1 is 1.36 bits per heavy atom. The molecule has 2 N–H and O–H groups in total. The van der Waals surface area contributed by atoms with Crippen LogP contribution >= 0.6 is 0 Å². The number of nitrogens with one attached hydrogen (secondary N) is 1. The van der Waals surface area contributed by atoms with Gasteiger partial charge in [0.25, 0.3) is 10.1 Å². The van der Waals surface area contributed by atoms with Gasteiger partial charge in [-0.15, -0.1) is 0 Å². The molecule has 0 atom stereocenters. The molecule has 0 aliphatic rings. The second-order valence-electron chi connectivity index (χ2n) is 2.46. The van der Waals surface area contributed by atoms with Crippen LogP contribution in [0.15, 0.2) is 35.7 Å². The van der Waals surface area contributed by atoms with E-state index in [1.807, 2.05) is 6.92 Å². The quantitative estimate of drug-likeness (QED) is 0.550. The van der Waals surface area contributed by atoms with Crippen molar-refractivity contribution in [3.8, 4) is 0 Å². The van der Waals surface area contributed by atoms with Crippen molar-refractivity contribution >= 4 is 16.0 Å². The van der Waals surface area contributed by atoms with E-state index in [0.717, 1.165) is 5.56 Å². The van der Waals surface area contributed by atoms with Gasteiger partial charge in [0.1, 0.15) is 0 Å². The lowest BCUT2D eigenvalue weighted by Gasteiger charge is -1.95. The molecule has 4 nitrogen and oxygen atoms in total. The summed E-state index contributed by atoms with van der Waals surface area (Å²) >= 11 is 0. The van der Waals surface area contributed by atoms with E-state index in [-0.39, 0.29) is 4.90 Å². The predicted molar refractivity (Wildman–Crippen MR) is 54.3 cm³/mol. The normalized spacial score (nSPS) is 9.57. The van der Waals surface area contributed by atoms with E-state index >= 15 is 0 Å². The maximum Gasteiger partial charge on any atom is 0.294 e. The number of rotatable bonds is 1. The minimum absolute atomic E-state index is 0.0666. The summed E-state index contributed by atoms with van der Waals surface area (Å²) < 4.78 is 29.6. The van der Waals surface area contributed by atoms with Crippen LogP contribution in [0.5, 0.6) is 0 Å². The number of hydrogen-bond acceptors (Lipinski definition) is 3. The van der Waals surface area contributed by atoms with Gasteiger partial charge in [-0.2, -0.15) is 8.42 Å². The van der Waals surface area contributed by atoms with Crippen LogP contribution in [0.25, 0.3) is 0 Å². The molecule has 5 heteroatoms. The standard InChI is InChI=1S/C7H8O3S.C2H3N/c1-6-2-4-7(5-3-6)11(8,9)10;1-2-3/h2-5H,1H3,(H,8,9,10);3H,1H2. The topological polar surface area (TPSA) is 78.2 Å². The number of aryl methyl sites for hydroxylation is 1. The van der Waals surface area contributed by atoms with Crippen LogP contribution in [0.4, 0.5) is 0 Å². The summed E-state index contributed by atoms with van der Waals surface area (Å²) in [6.45, 7) is 4.74. The highest BCUT2D eigenvalue weighted by Gasteiger charge is 2.06. The highest BCUT2D eigenvalue weighted by atomic mass is 32.2. The minimum atomic E-state index is -4.02. The summed E-state index contributed by atoms with van der Waals surface area (Å²) in [4.78, 5) is -0.0666. The van der Waals surface area contributed by atoms with Crippen LogP contribution in [0.1, 0.15) is 5.56 Å². The Balaban J connectivity index is 0.000000500. The van der Waals surface area contributed by atoms with Gasteiger partial charge in [0.15, 0.2) is 0 Å². The van der Waals surface area contributed by atoms with Gasteiger partial charge in [0.2, 0.25) is 0 Å². The van der Waals surface area contributed by atoms with Crippen LogP contribution < -0.4 is 0 Å². The van der Waals surface area contributed by atoms with Gasteiger partial charge in [-0.25, -0.2) is 0 Å². The number of hydrogen-bond donors (Lipinski definition) is 2. The van der Waals surface area contributed by atoms with Crippen LogP contribution in [-0.2, 0) is 10.1 Å². The van der Waals surface area contributed by atoms with Crippen molar-refractivity contribution in [2.45, 2.75) is 11.8 Å². The van der Waals surface area contributed by atoms with Crippen molar-refractivity contribution in [1.29, 1.82) is 5.41 Å². The Morgan fingerprint density at radius 3 is 2.00 bits per heavy atom. The maximum absolute atomic E-state index is 10.5. The third kappa shape index (κ3) is 4.57. The molecule has 76 valence electrons. The molecule has 14 heavy (non-hydrogen) atoms. The third-order valence-corrected chi connectivity index (χ3v) is 2.19. The summed E-state index contributed by atoms with van der Waals surface area (Å²) in [6.07, 6.45) is 0. The third-order valence-electron chi connectivity index (χ3n) is 1.32. The summed E-state index contributed by atoms with van der Waals surface area (Å²) in [6, 6.07) is 5.99.